The summed E-state index contributed by atoms with van der Waals surface area (Å²) in [5.74, 6) is 6.80. The molecule has 1 aromatic rings. The van der Waals surface area contributed by atoms with E-state index in [1.165, 1.54) is 11.8 Å². The molecule has 2 rings (SSSR count). The Balaban J connectivity index is 2.27. The Hall–Kier alpha value is -1.54. The van der Waals surface area contributed by atoms with Gasteiger partial charge >= 0.3 is 0 Å². The molecule has 7 nitrogen and oxygen atoms in total. The van der Waals surface area contributed by atoms with E-state index in [0.29, 0.717) is 17.5 Å². The lowest BCUT2D eigenvalue weighted by Gasteiger charge is -2.21. The number of thioether (sulfide) groups is 1. The van der Waals surface area contributed by atoms with Crippen LogP contribution in [0.15, 0.2) is 11.2 Å². The molecule has 0 aromatic carbocycles. The minimum Gasteiger partial charge on any atom is -0.347 e. The number of carbonyl (C=O) groups is 1. The van der Waals surface area contributed by atoms with Crippen molar-refractivity contribution in [3.05, 3.63) is 6.07 Å². The van der Waals surface area contributed by atoms with Crippen molar-refractivity contribution in [2.75, 3.05) is 43.3 Å². The van der Waals surface area contributed by atoms with Gasteiger partial charge in [0.05, 0.1) is 6.54 Å². The molecule has 3 N–H and O–H groups in total. The Morgan fingerprint density at radius 1 is 1.42 bits per heavy atom. The summed E-state index contributed by atoms with van der Waals surface area (Å²) in [5.41, 5.74) is 2.53. The van der Waals surface area contributed by atoms with Gasteiger partial charge in [-0.2, -0.15) is 0 Å². The zero-order valence-electron chi connectivity index (χ0n) is 11.1. The maximum atomic E-state index is 11.9. The van der Waals surface area contributed by atoms with Crippen LogP contribution in [-0.4, -0.2) is 53.7 Å². The first-order valence-electron chi connectivity index (χ1n) is 6.02. The van der Waals surface area contributed by atoms with E-state index in [-0.39, 0.29) is 5.91 Å². The van der Waals surface area contributed by atoms with Crippen molar-refractivity contribution < 1.29 is 4.79 Å². The smallest absolute Gasteiger partial charge is 0.241 e. The molecule has 0 radical (unpaired) electrons. The number of hydrazine groups is 1. The highest BCUT2D eigenvalue weighted by Gasteiger charge is 2.20. The van der Waals surface area contributed by atoms with Crippen LogP contribution in [-0.2, 0) is 4.79 Å². The second-order valence-corrected chi connectivity index (χ2v) is 5.11. The molecule has 0 bridgehead atoms. The average Bonchev–Trinajstić information content (AvgIpc) is 2.60. The molecule has 8 heteroatoms. The quantitative estimate of drug-likeness (QED) is 0.353. The van der Waals surface area contributed by atoms with Crippen LogP contribution in [0.25, 0.3) is 0 Å². The fourth-order valence-corrected chi connectivity index (χ4v) is 2.30. The molecule has 1 saturated heterocycles. The highest BCUT2D eigenvalue weighted by atomic mass is 32.2. The fraction of sp³-hybridized carbons (Fsp3) is 0.545. The molecule has 0 spiro atoms. The summed E-state index contributed by atoms with van der Waals surface area (Å²) in [6, 6.07) is 1.76. The van der Waals surface area contributed by atoms with Crippen molar-refractivity contribution in [3.8, 4) is 0 Å². The van der Waals surface area contributed by atoms with Gasteiger partial charge in [-0.1, -0.05) is 11.8 Å². The molecule has 1 amide bonds. The van der Waals surface area contributed by atoms with Gasteiger partial charge in [0.15, 0.2) is 5.16 Å². The molecule has 0 atom stereocenters. The van der Waals surface area contributed by atoms with Gasteiger partial charge in [-0.25, -0.2) is 15.8 Å². The van der Waals surface area contributed by atoms with Crippen LogP contribution < -0.4 is 16.2 Å². The van der Waals surface area contributed by atoms with Gasteiger partial charge in [0.2, 0.25) is 5.91 Å². The van der Waals surface area contributed by atoms with Crippen molar-refractivity contribution >= 4 is 29.3 Å². The number of hydrogen-bond donors (Lipinski definition) is 2. The van der Waals surface area contributed by atoms with Crippen molar-refractivity contribution in [1.82, 2.24) is 14.9 Å². The lowest BCUT2D eigenvalue weighted by Crippen LogP contribution is -2.34. The maximum absolute atomic E-state index is 11.9. The SMILES string of the molecule is CSc1nc(NN)cc(N2CCCN(C)C(=O)C2)n1. The molecule has 104 valence electrons. The predicted octanol–water partition coefficient (Wildman–Crippen LogP) is 0.153. The maximum Gasteiger partial charge on any atom is 0.241 e. The van der Waals surface area contributed by atoms with E-state index >= 15 is 0 Å². The van der Waals surface area contributed by atoms with Gasteiger partial charge in [-0.3, -0.25) is 4.79 Å². The number of nitrogen functional groups attached to an aromatic ring is 1. The van der Waals surface area contributed by atoms with Gasteiger partial charge in [0.25, 0.3) is 0 Å². The molecule has 1 aliphatic heterocycles. The highest BCUT2D eigenvalue weighted by Crippen LogP contribution is 2.21. The molecule has 1 aliphatic rings. The Labute approximate surface area is 116 Å². The first-order chi connectivity index (χ1) is 9.13. The third kappa shape index (κ3) is 3.27. The third-order valence-corrected chi connectivity index (χ3v) is 3.57. The number of anilines is 2. The lowest BCUT2D eigenvalue weighted by atomic mass is 10.4. The summed E-state index contributed by atoms with van der Waals surface area (Å²) in [7, 11) is 1.83. The van der Waals surface area contributed by atoms with E-state index in [1.807, 2.05) is 18.2 Å². The number of aromatic nitrogens is 2. The summed E-state index contributed by atoms with van der Waals surface area (Å²) < 4.78 is 0. The summed E-state index contributed by atoms with van der Waals surface area (Å²) >= 11 is 1.44. The Morgan fingerprint density at radius 2 is 2.21 bits per heavy atom. The molecule has 1 aromatic heterocycles. The van der Waals surface area contributed by atoms with Gasteiger partial charge < -0.3 is 15.2 Å². The van der Waals surface area contributed by atoms with Crippen LogP contribution in [0.1, 0.15) is 6.42 Å². The molecule has 0 aliphatic carbocycles. The van der Waals surface area contributed by atoms with Crippen molar-refractivity contribution in [2.45, 2.75) is 11.6 Å². The second-order valence-electron chi connectivity index (χ2n) is 4.33. The highest BCUT2D eigenvalue weighted by molar-refractivity contribution is 7.98. The molecule has 0 saturated carbocycles. The van der Waals surface area contributed by atoms with Crippen molar-refractivity contribution in [3.63, 3.8) is 0 Å². The molecular formula is C11H18N6OS. The fourth-order valence-electron chi connectivity index (χ4n) is 1.92. The van der Waals surface area contributed by atoms with Gasteiger partial charge in [-0.15, -0.1) is 0 Å². The minimum atomic E-state index is 0.101. The zero-order valence-corrected chi connectivity index (χ0v) is 11.9. The van der Waals surface area contributed by atoms with Crippen LogP contribution in [0.4, 0.5) is 11.6 Å². The summed E-state index contributed by atoms with van der Waals surface area (Å²) in [4.78, 5) is 24.3. The Kier molecular flexibility index (Phi) is 4.43. The topological polar surface area (TPSA) is 87.4 Å². The standard InChI is InChI=1S/C11H18N6OS/c1-16-4-3-5-17(7-10(16)18)9-6-8(15-12)13-11(14-9)19-2/h6H,3-5,7,12H2,1-2H3,(H,13,14,15). The summed E-state index contributed by atoms with van der Waals surface area (Å²) in [6.45, 7) is 1.91. The van der Waals surface area contributed by atoms with Gasteiger partial charge in [0, 0.05) is 26.2 Å². The molecule has 1 fully saturated rings. The van der Waals surface area contributed by atoms with Crippen LogP contribution in [0.5, 0.6) is 0 Å². The van der Waals surface area contributed by atoms with E-state index in [0.717, 1.165) is 25.3 Å². The van der Waals surface area contributed by atoms with E-state index in [9.17, 15) is 4.79 Å². The molecule has 0 unspecified atom stereocenters. The number of likely N-dealkylation sites (N-methyl/N-ethyl adjacent to an activating group) is 1. The van der Waals surface area contributed by atoms with Crippen LogP contribution >= 0.6 is 11.8 Å². The number of carbonyl (C=O) groups excluding carboxylic acids is 1. The lowest BCUT2D eigenvalue weighted by molar-refractivity contribution is -0.127. The van der Waals surface area contributed by atoms with Crippen molar-refractivity contribution in [2.24, 2.45) is 5.84 Å². The predicted molar refractivity (Wildman–Crippen MR) is 76.1 cm³/mol. The van der Waals surface area contributed by atoms with Crippen LogP contribution in [0.2, 0.25) is 0 Å². The number of hydrogen-bond acceptors (Lipinski definition) is 7. The molecular weight excluding hydrogens is 264 g/mol. The van der Waals surface area contributed by atoms with Crippen LogP contribution in [0, 0.1) is 0 Å². The van der Waals surface area contributed by atoms with Crippen LogP contribution in [0.3, 0.4) is 0 Å². The largest absolute Gasteiger partial charge is 0.347 e. The molecule has 19 heavy (non-hydrogen) atoms. The number of nitrogens with one attached hydrogen (secondary N) is 1. The average molecular weight is 282 g/mol. The Morgan fingerprint density at radius 3 is 2.89 bits per heavy atom. The minimum absolute atomic E-state index is 0.101. The number of amides is 1. The molecule has 2 heterocycles. The number of nitrogens with two attached hydrogens (primary N) is 1. The number of nitrogens with zero attached hydrogens (tertiary/aromatic N) is 4. The summed E-state index contributed by atoms with van der Waals surface area (Å²) in [6.07, 6.45) is 2.83. The van der Waals surface area contributed by atoms with Gasteiger partial charge in [-0.05, 0) is 12.7 Å². The second kappa shape index (κ2) is 6.07. The van der Waals surface area contributed by atoms with E-state index in [2.05, 4.69) is 15.4 Å². The van der Waals surface area contributed by atoms with Crippen molar-refractivity contribution in [1.29, 1.82) is 0 Å². The zero-order chi connectivity index (χ0) is 13.8. The van der Waals surface area contributed by atoms with E-state index in [1.54, 1.807) is 11.0 Å². The van der Waals surface area contributed by atoms with E-state index in [4.69, 9.17) is 5.84 Å². The third-order valence-electron chi connectivity index (χ3n) is 3.02. The Bertz CT molecular complexity index is 446. The first-order valence-corrected chi connectivity index (χ1v) is 7.25. The normalized spacial score (nSPS) is 16.5. The first kappa shape index (κ1) is 13.9. The number of rotatable bonds is 3. The monoisotopic (exact) mass is 282 g/mol. The summed E-state index contributed by atoms with van der Waals surface area (Å²) in [5, 5.41) is 0.635. The van der Waals surface area contributed by atoms with Gasteiger partial charge in [0.1, 0.15) is 11.6 Å². The van der Waals surface area contributed by atoms with E-state index < -0.39 is 0 Å².